The predicted octanol–water partition coefficient (Wildman–Crippen LogP) is 2.27. The Morgan fingerprint density at radius 3 is 2.21 bits per heavy atom. The summed E-state index contributed by atoms with van der Waals surface area (Å²) >= 11 is 0. The fourth-order valence-electron chi connectivity index (χ4n) is 3.29. The van der Waals surface area contributed by atoms with E-state index in [9.17, 15) is 18.0 Å². The average Bonchev–Trinajstić information content (AvgIpc) is 2.70. The maximum absolute atomic E-state index is 12.6. The molecule has 29 heavy (non-hydrogen) atoms. The summed E-state index contributed by atoms with van der Waals surface area (Å²) in [6.07, 6.45) is 1.26. The molecule has 2 aromatic rings. The van der Waals surface area contributed by atoms with Gasteiger partial charge in [-0.1, -0.05) is 30.3 Å². The third-order valence-electron chi connectivity index (χ3n) is 4.91. The van der Waals surface area contributed by atoms with Gasteiger partial charge in [0.25, 0.3) is 0 Å². The number of carbonyl (C=O) groups excluding carboxylic acids is 2. The number of amides is 1. The van der Waals surface area contributed by atoms with Crippen LogP contribution in [0.4, 0.5) is 5.69 Å². The lowest BCUT2D eigenvalue weighted by Gasteiger charge is -2.31. The summed E-state index contributed by atoms with van der Waals surface area (Å²) in [7, 11) is -3.64. The molecule has 8 heteroatoms. The van der Waals surface area contributed by atoms with Gasteiger partial charge in [0.15, 0.2) is 5.78 Å². The van der Waals surface area contributed by atoms with Gasteiger partial charge in [-0.15, -0.1) is 0 Å². The van der Waals surface area contributed by atoms with Crippen LogP contribution in [0.15, 0.2) is 59.5 Å². The molecule has 0 bridgehead atoms. The Hall–Kier alpha value is -2.55. The molecule has 154 valence electrons. The zero-order chi connectivity index (χ0) is 20.9. The Morgan fingerprint density at radius 1 is 1.00 bits per heavy atom. The number of rotatable bonds is 7. The Kier molecular flexibility index (Phi) is 6.79. The fraction of sp³-hybridized carbons (Fsp3) is 0.333. The Balaban J connectivity index is 1.48. The van der Waals surface area contributed by atoms with Crippen molar-refractivity contribution in [3.63, 3.8) is 0 Å². The smallest absolute Gasteiger partial charge is 0.240 e. The first-order valence-corrected chi connectivity index (χ1v) is 11.0. The molecule has 0 aromatic heterocycles. The molecule has 1 heterocycles. The molecule has 1 amide bonds. The van der Waals surface area contributed by atoms with E-state index in [0.29, 0.717) is 31.5 Å². The second-order valence-electron chi connectivity index (χ2n) is 7.17. The van der Waals surface area contributed by atoms with Crippen LogP contribution in [0, 0.1) is 0 Å². The monoisotopic (exact) mass is 415 g/mol. The molecule has 1 aliphatic heterocycles. The second-order valence-corrected chi connectivity index (χ2v) is 8.88. The van der Waals surface area contributed by atoms with E-state index in [1.54, 1.807) is 0 Å². The van der Waals surface area contributed by atoms with Gasteiger partial charge < -0.3 is 5.32 Å². The molecule has 2 aromatic carbocycles. The van der Waals surface area contributed by atoms with Gasteiger partial charge in [0.05, 0.1) is 11.4 Å². The molecule has 7 nitrogen and oxygen atoms in total. The minimum absolute atomic E-state index is 0.0826. The van der Waals surface area contributed by atoms with Crippen molar-refractivity contribution in [1.82, 2.24) is 9.62 Å². The van der Waals surface area contributed by atoms with Crippen molar-refractivity contribution in [1.29, 1.82) is 0 Å². The molecule has 1 saturated heterocycles. The number of sulfonamides is 1. The van der Waals surface area contributed by atoms with Crippen molar-refractivity contribution in [2.24, 2.45) is 0 Å². The number of nitrogens with one attached hydrogen (secondary N) is 2. The minimum atomic E-state index is -3.64. The Labute approximate surface area is 171 Å². The number of para-hydroxylation sites is 1. The number of Topliss-reactive ketones (excluding diaryl/α,β-unsaturated/α-hetero) is 1. The van der Waals surface area contributed by atoms with E-state index in [2.05, 4.69) is 10.0 Å². The van der Waals surface area contributed by atoms with Crippen molar-refractivity contribution in [2.75, 3.05) is 25.0 Å². The SMILES string of the molecule is CC(=O)c1ccc(S(=O)(=O)NC2CCN(CC(=O)Nc3ccccc3)CC2)cc1. The molecular weight excluding hydrogens is 390 g/mol. The lowest BCUT2D eigenvalue weighted by molar-refractivity contribution is -0.117. The summed E-state index contributed by atoms with van der Waals surface area (Å²) in [5, 5.41) is 2.86. The molecule has 3 rings (SSSR count). The van der Waals surface area contributed by atoms with E-state index in [4.69, 9.17) is 0 Å². The average molecular weight is 416 g/mol. The Bertz CT molecular complexity index is 951. The van der Waals surface area contributed by atoms with Gasteiger partial charge in [-0.2, -0.15) is 0 Å². The lowest BCUT2D eigenvalue weighted by atomic mass is 10.1. The minimum Gasteiger partial charge on any atom is -0.325 e. The van der Waals surface area contributed by atoms with E-state index in [-0.39, 0.29) is 29.2 Å². The number of hydrogen-bond acceptors (Lipinski definition) is 5. The first-order valence-electron chi connectivity index (χ1n) is 9.54. The summed E-state index contributed by atoms with van der Waals surface area (Å²) in [6.45, 7) is 2.99. The van der Waals surface area contributed by atoms with Crippen LogP contribution in [0.1, 0.15) is 30.1 Å². The van der Waals surface area contributed by atoms with E-state index < -0.39 is 10.0 Å². The summed E-state index contributed by atoms with van der Waals surface area (Å²) in [6, 6.07) is 15.0. The largest absolute Gasteiger partial charge is 0.325 e. The van der Waals surface area contributed by atoms with Crippen LogP contribution in [0.25, 0.3) is 0 Å². The van der Waals surface area contributed by atoms with Crippen LogP contribution in [0.2, 0.25) is 0 Å². The number of anilines is 1. The topological polar surface area (TPSA) is 95.6 Å². The quantitative estimate of drug-likeness (QED) is 0.677. The number of carbonyl (C=O) groups is 2. The molecular formula is C21H25N3O4S. The maximum atomic E-state index is 12.6. The molecule has 0 atom stereocenters. The summed E-state index contributed by atoms with van der Waals surface area (Å²) < 4.78 is 27.9. The lowest BCUT2D eigenvalue weighted by Crippen LogP contribution is -2.46. The molecule has 0 aliphatic carbocycles. The van der Waals surface area contributed by atoms with E-state index in [0.717, 1.165) is 5.69 Å². The molecule has 1 fully saturated rings. The third kappa shape index (κ3) is 5.96. The van der Waals surface area contributed by atoms with Crippen molar-refractivity contribution in [3.8, 4) is 0 Å². The van der Waals surface area contributed by atoms with Gasteiger partial charge in [0.1, 0.15) is 0 Å². The number of hydrogen-bond donors (Lipinski definition) is 2. The van der Waals surface area contributed by atoms with Crippen LogP contribution in [-0.2, 0) is 14.8 Å². The first kappa shape index (κ1) is 21.2. The van der Waals surface area contributed by atoms with Gasteiger partial charge in [0.2, 0.25) is 15.9 Å². The number of nitrogens with zero attached hydrogens (tertiary/aromatic N) is 1. The van der Waals surface area contributed by atoms with Crippen molar-refractivity contribution in [3.05, 3.63) is 60.2 Å². The number of benzene rings is 2. The predicted molar refractivity (Wildman–Crippen MR) is 111 cm³/mol. The summed E-state index contributed by atoms with van der Waals surface area (Å²) in [5.74, 6) is -0.189. The molecule has 2 N–H and O–H groups in total. The molecule has 0 radical (unpaired) electrons. The van der Waals surface area contributed by atoms with E-state index in [1.807, 2.05) is 35.2 Å². The third-order valence-corrected chi connectivity index (χ3v) is 6.44. The second kappa shape index (κ2) is 9.30. The standard InChI is InChI=1S/C21H25N3O4S/c1-16(25)17-7-9-20(10-8-17)29(27,28)23-19-11-13-24(14-12-19)15-21(26)22-18-5-3-2-4-6-18/h2-10,19,23H,11-15H2,1H3,(H,22,26). The van der Waals surface area contributed by atoms with Gasteiger partial charge in [0, 0.05) is 30.4 Å². The number of piperidine rings is 1. The van der Waals surface area contributed by atoms with Crippen LogP contribution in [0.5, 0.6) is 0 Å². The molecule has 1 aliphatic rings. The van der Waals surface area contributed by atoms with Crippen LogP contribution < -0.4 is 10.0 Å². The van der Waals surface area contributed by atoms with Crippen LogP contribution in [0.3, 0.4) is 0 Å². The maximum Gasteiger partial charge on any atom is 0.240 e. The van der Waals surface area contributed by atoms with E-state index >= 15 is 0 Å². The number of likely N-dealkylation sites (tertiary alicyclic amines) is 1. The highest BCUT2D eigenvalue weighted by Gasteiger charge is 2.25. The zero-order valence-corrected chi connectivity index (χ0v) is 17.1. The van der Waals surface area contributed by atoms with Gasteiger partial charge in [-0.05, 0) is 44.0 Å². The summed E-state index contributed by atoms with van der Waals surface area (Å²) in [4.78, 5) is 25.7. The normalized spacial score (nSPS) is 15.8. The van der Waals surface area contributed by atoms with E-state index in [1.165, 1.54) is 31.2 Å². The highest BCUT2D eigenvalue weighted by molar-refractivity contribution is 7.89. The zero-order valence-electron chi connectivity index (χ0n) is 16.3. The van der Waals surface area contributed by atoms with Crippen molar-refractivity contribution >= 4 is 27.4 Å². The van der Waals surface area contributed by atoms with Crippen molar-refractivity contribution in [2.45, 2.75) is 30.7 Å². The summed E-state index contributed by atoms with van der Waals surface area (Å²) in [5.41, 5.74) is 1.24. The highest BCUT2D eigenvalue weighted by atomic mass is 32.2. The van der Waals surface area contributed by atoms with Crippen LogP contribution >= 0.6 is 0 Å². The number of ketones is 1. The van der Waals surface area contributed by atoms with Crippen LogP contribution in [-0.4, -0.2) is 50.7 Å². The van der Waals surface area contributed by atoms with Crippen molar-refractivity contribution < 1.29 is 18.0 Å². The first-order chi connectivity index (χ1) is 13.8. The fourth-order valence-corrected chi connectivity index (χ4v) is 4.60. The molecule has 0 saturated carbocycles. The molecule has 0 spiro atoms. The van der Waals surface area contributed by atoms with Gasteiger partial charge in [-0.25, -0.2) is 13.1 Å². The highest BCUT2D eigenvalue weighted by Crippen LogP contribution is 2.16. The van der Waals surface area contributed by atoms with Gasteiger partial charge >= 0.3 is 0 Å². The Morgan fingerprint density at radius 2 is 1.62 bits per heavy atom. The van der Waals surface area contributed by atoms with Gasteiger partial charge in [-0.3, -0.25) is 14.5 Å². The molecule has 0 unspecified atom stereocenters.